The molecule has 2 heterocycles. The Balaban J connectivity index is 2.04. The fraction of sp³-hybridized carbons (Fsp3) is 0.333. The molecule has 0 amide bonds. The molecule has 2 atom stereocenters. The molecule has 0 aromatic carbocycles. The Bertz CT molecular complexity index is 547. The Morgan fingerprint density at radius 2 is 2.11 bits per heavy atom. The number of hydrogen-bond acceptors (Lipinski definition) is 3. The van der Waals surface area contributed by atoms with Crippen molar-refractivity contribution in [1.29, 1.82) is 0 Å². The van der Waals surface area contributed by atoms with E-state index in [9.17, 15) is 13.9 Å². The molecule has 1 aromatic heterocycles. The first-order chi connectivity index (χ1) is 8.48. The van der Waals surface area contributed by atoms with Crippen LogP contribution >= 0.6 is 0 Å². The SMILES string of the molecule is CC1C=CC2=C(OC(F)(F)O2)C1c1c[nH]cc1O. The van der Waals surface area contributed by atoms with Crippen LogP contribution in [0.3, 0.4) is 0 Å². The van der Waals surface area contributed by atoms with Gasteiger partial charge in [0, 0.05) is 18.0 Å². The predicted molar refractivity (Wildman–Crippen MR) is 57.6 cm³/mol. The summed E-state index contributed by atoms with van der Waals surface area (Å²) in [6.45, 7) is 1.86. The van der Waals surface area contributed by atoms with Gasteiger partial charge in [-0.3, -0.25) is 0 Å². The van der Waals surface area contributed by atoms with Gasteiger partial charge in [-0.1, -0.05) is 13.0 Å². The van der Waals surface area contributed by atoms with Crippen molar-refractivity contribution in [1.82, 2.24) is 4.98 Å². The lowest BCUT2D eigenvalue weighted by Crippen LogP contribution is -2.19. The van der Waals surface area contributed by atoms with Gasteiger partial charge in [0.25, 0.3) is 0 Å². The van der Waals surface area contributed by atoms with Crippen molar-refractivity contribution in [3.05, 3.63) is 41.6 Å². The molecule has 0 radical (unpaired) electrons. The number of halogens is 2. The topological polar surface area (TPSA) is 54.5 Å². The van der Waals surface area contributed by atoms with Crippen LogP contribution in [0.4, 0.5) is 8.78 Å². The number of allylic oxidation sites excluding steroid dienone is 3. The number of aromatic nitrogens is 1. The predicted octanol–water partition coefficient (Wildman–Crippen LogP) is 2.82. The number of H-pyrrole nitrogens is 1. The van der Waals surface area contributed by atoms with Gasteiger partial charge in [0.05, 0.1) is 5.92 Å². The smallest absolute Gasteiger partial charge is 0.506 e. The highest BCUT2D eigenvalue weighted by Gasteiger charge is 2.49. The number of aromatic hydroxyl groups is 1. The van der Waals surface area contributed by atoms with Gasteiger partial charge in [0.1, 0.15) is 5.75 Å². The molecular formula is C12H11F2NO3. The minimum absolute atomic E-state index is 0.0173. The van der Waals surface area contributed by atoms with Gasteiger partial charge in [-0.05, 0) is 12.0 Å². The van der Waals surface area contributed by atoms with Crippen LogP contribution in [0, 0.1) is 5.92 Å². The summed E-state index contributed by atoms with van der Waals surface area (Å²) in [5, 5.41) is 9.71. The Morgan fingerprint density at radius 1 is 1.33 bits per heavy atom. The van der Waals surface area contributed by atoms with E-state index in [1.807, 2.05) is 6.92 Å². The second kappa shape index (κ2) is 3.51. The molecule has 0 saturated carbocycles. The second-order valence-corrected chi connectivity index (χ2v) is 4.39. The van der Waals surface area contributed by atoms with Gasteiger partial charge in [-0.2, -0.15) is 0 Å². The fourth-order valence-electron chi connectivity index (χ4n) is 2.34. The van der Waals surface area contributed by atoms with Crippen molar-refractivity contribution in [2.75, 3.05) is 0 Å². The van der Waals surface area contributed by atoms with Crippen molar-refractivity contribution < 1.29 is 23.4 Å². The van der Waals surface area contributed by atoms with E-state index in [4.69, 9.17) is 0 Å². The summed E-state index contributed by atoms with van der Waals surface area (Å²) in [5.41, 5.74) is 0.514. The Kier molecular flexibility index (Phi) is 2.17. The molecule has 0 bridgehead atoms. The van der Waals surface area contributed by atoms with E-state index in [1.54, 1.807) is 12.3 Å². The molecule has 0 fully saturated rings. The van der Waals surface area contributed by atoms with Crippen LogP contribution in [0.5, 0.6) is 5.75 Å². The lowest BCUT2D eigenvalue weighted by molar-refractivity contribution is -0.337. The first kappa shape index (κ1) is 11.1. The number of aromatic amines is 1. The number of ether oxygens (including phenoxy) is 2. The second-order valence-electron chi connectivity index (χ2n) is 4.39. The Morgan fingerprint density at radius 3 is 2.78 bits per heavy atom. The van der Waals surface area contributed by atoms with Gasteiger partial charge in [0.15, 0.2) is 11.5 Å². The monoisotopic (exact) mass is 255 g/mol. The van der Waals surface area contributed by atoms with Crippen LogP contribution in [0.25, 0.3) is 0 Å². The molecule has 1 aliphatic carbocycles. The van der Waals surface area contributed by atoms with Crippen LogP contribution in [0.2, 0.25) is 0 Å². The van der Waals surface area contributed by atoms with Crippen molar-refractivity contribution in [2.45, 2.75) is 19.1 Å². The summed E-state index contributed by atoms with van der Waals surface area (Å²) in [6.07, 6.45) is 2.56. The third-order valence-corrected chi connectivity index (χ3v) is 3.15. The van der Waals surface area contributed by atoms with E-state index in [-0.39, 0.29) is 23.2 Å². The van der Waals surface area contributed by atoms with E-state index >= 15 is 0 Å². The maximum Gasteiger partial charge on any atom is 0.585 e. The Hall–Kier alpha value is -1.98. The van der Waals surface area contributed by atoms with Crippen molar-refractivity contribution in [2.24, 2.45) is 5.92 Å². The quantitative estimate of drug-likeness (QED) is 0.811. The molecule has 2 unspecified atom stereocenters. The molecule has 0 spiro atoms. The normalized spacial score (nSPS) is 28.8. The highest BCUT2D eigenvalue weighted by Crippen LogP contribution is 2.48. The van der Waals surface area contributed by atoms with Crippen molar-refractivity contribution in [3.8, 4) is 5.75 Å². The molecular weight excluding hydrogens is 244 g/mol. The summed E-state index contributed by atoms with van der Waals surface area (Å²) in [4.78, 5) is 2.74. The molecule has 2 N–H and O–H groups in total. The largest absolute Gasteiger partial charge is 0.585 e. The molecule has 2 aliphatic rings. The maximum atomic E-state index is 13.1. The summed E-state index contributed by atoms with van der Waals surface area (Å²) in [6, 6.07) is 0. The van der Waals surface area contributed by atoms with Gasteiger partial charge in [0.2, 0.25) is 0 Å². The number of alkyl halides is 2. The lowest BCUT2D eigenvalue weighted by atomic mass is 9.83. The average molecular weight is 255 g/mol. The van der Waals surface area contributed by atoms with E-state index in [0.717, 1.165) is 0 Å². The van der Waals surface area contributed by atoms with E-state index in [1.165, 1.54) is 12.3 Å². The highest BCUT2D eigenvalue weighted by molar-refractivity contribution is 5.42. The van der Waals surface area contributed by atoms with Crippen LogP contribution in [-0.4, -0.2) is 16.4 Å². The zero-order chi connectivity index (χ0) is 12.9. The van der Waals surface area contributed by atoms with Crippen molar-refractivity contribution in [3.63, 3.8) is 0 Å². The highest BCUT2D eigenvalue weighted by atomic mass is 19.3. The number of hydrogen-bond donors (Lipinski definition) is 2. The first-order valence-electron chi connectivity index (χ1n) is 5.52. The summed E-state index contributed by atoms with van der Waals surface area (Å²) >= 11 is 0. The third-order valence-electron chi connectivity index (χ3n) is 3.15. The van der Waals surface area contributed by atoms with Gasteiger partial charge in [-0.25, -0.2) is 0 Å². The van der Waals surface area contributed by atoms with Crippen LogP contribution < -0.4 is 0 Å². The summed E-state index contributed by atoms with van der Waals surface area (Å²) in [5.74, 6) is -0.464. The first-order valence-corrected chi connectivity index (χ1v) is 5.52. The maximum absolute atomic E-state index is 13.1. The number of nitrogens with one attached hydrogen (secondary N) is 1. The van der Waals surface area contributed by atoms with E-state index in [2.05, 4.69) is 14.5 Å². The average Bonchev–Trinajstić information content (AvgIpc) is 2.81. The molecule has 18 heavy (non-hydrogen) atoms. The lowest BCUT2D eigenvalue weighted by Gasteiger charge is -2.23. The van der Waals surface area contributed by atoms with Gasteiger partial charge < -0.3 is 19.6 Å². The Labute approximate surface area is 102 Å². The molecule has 1 aliphatic heterocycles. The zero-order valence-electron chi connectivity index (χ0n) is 9.48. The minimum Gasteiger partial charge on any atom is -0.506 e. The summed E-state index contributed by atoms with van der Waals surface area (Å²) < 4.78 is 35.2. The molecule has 96 valence electrons. The molecule has 3 rings (SSSR count). The third kappa shape index (κ3) is 1.56. The van der Waals surface area contributed by atoms with Gasteiger partial charge in [-0.15, -0.1) is 8.78 Å². The number of rotatable bonds is 1. The minimum atomic E-state index is -3.64. The molecule has 1 aromatic rings. The molecule has 0 saturated heterocycles. The van der Waals surface area contributed by atoms with Crippen molar-refractivity contribution >= 4 is 0 Å². The molecule has 6 heteroatoms. The van der Waals surface area contributed by atoms with E-state index in [0.29, 0.717) is 5.56 Å². The fourth-order valence-corrected chi connectivity index (χ4v) is 2.34. The molecule has 4 nitrogen and oxygen atoms in total. The van der Waals surface area contributed by atoms with Gasteiger partial charge >= 0.3 is 6.29 Å². The van der Waals surface area contributed by atoms with Crippen LogP contribution in [0.1, 0.15) is 18.4 Å². The van der Waals surface area contributed by atoms with Crippen LogP contribution in [0.15, 0.2) is 36.1 Å². The standard InChI is InChI=1S/C12H11F2NO3/c1-6-2-3-9-11(18-12(13,14)17-9)10(6)7-4-15-5-8(7)16/h2-6,10,15-16H,1H3. The summed E-state index contributed by atoms with van der Waals surface area (Å²) in [7, 11) is 0. The zero-order valence-corrected chi connectivity index (χ0v) is 9.48. The van der Waals surface area contributed by atoms with Crippen LogP contribution in [-0.2, 0) is 9.47 Å². The van der Waals surface area contributed by atoms with E-state index < -0.39 is 12.2 Å².